The number of carbonyl (C=O) groups is 1. The number of nitrogens with one attached hydrogen (secondary N) is 1. The normalized spacial score (nSPS) is 11.2. The zero-order chi connectivity index (χ0) is 16.2. The van der Waals surface area contributed by atoms with E-state index >= 15 is 0 Å². The molecule has 1 aromatic carbocycles. The third-order valence-corrected chi connectivity index (χ3v) is 4.56. The van der Waals surface area contributed by atoms with Crippen LogP contribution in [0.4, 0.5) is 0 Å². The number of pyridine rings is 1. The molecule has 0 spiro atoms. The van der Waals surface area contributed by atoms with Crippen LogP contribution in [0, 0.1) is 0 Å². The SMILES string of the molecule is CS(=O)(=O)c1cc(C(=O)NCCc2ccccn2)ccc1Cl. The lowest BCUT2D eigenvalue weighted by atomic mass is 10.2. The van der Waals surface area contributed by atoms with Crippen LogP contribution in [-0.2, 0) is 16.3 Å². The van der Waals surface area contributed by atoms with Gasteiger partial charge in [-0.05, 0) is 30.3 Å². The van der Waals surface area contributed by atoms with Crippen LogP contribution < -0.4 is 5.32 Å². The quantitative estimate of drug-likeness (QED) is 0.906. The monoisotopic (exact) mass is 338 g/mol. The van der Waals surface area contributed by atoms with Gasteiger partial charge in [0, 0.05) is 36.7 Å². The van der Waals surface area contributed by atoms with Gasteiger partial charge in [0.25, 0.3) is 5.91 Å². The van der Waals surface area contributed by atoms with Crippen molar-refractivity contribution in [3.8, 4) is 0 Å². The van der Waals surface area contributed by atoms with Gasteiger partial charge in [-0.15, -0.1) is 0 Å². The summed E-state index contributed by atoms with van der Waals surface area (Å²) < 4.78 is 23.2. The number of amides is 1. The Hall–Kier alpha value is -1.92. The van der Waals surface area contributed by atoms with Gasteiger partial charge < -0.3 is 5.32 Å². The Morgan fingerprint density at radius 2 is 2.05 bits per heavy atom. The van der Waals surface area contributed by atoms with Crippen molar-refractivity contribution in [1.29, 1.82) is 0 Å². The molecule has 0 fully saturated rings. The van der Waals surface area contributed by atoms with E-state index in [4.69, 9.17) is 11.6 Å². The topological polar surface area (TPSA) is 76.1 Å². The van der Waals surface area contributed by atoms with E-state index in [1.54, 1.807) is 6.20 Å². The molecular formula is C15H15ClN2O3S. The summed E-state index contributed by atoms with van der Waals surface area (Å²) in [5.74, 6) is -0.350. The first-order valence-electron chi connectivity index (χ1n) is 6.55. The summed E-state index contributed by atoms with van der Waals surface area (Å²) in [7, 11) is -3.47. The number of carbonyl (C=O) groups excluding carboxylic acids is 1. The molecule has 2 aromatic rings. The lowest BCUT2D eigenvalue weighted by molar-refractivity contribution is 0.0954. The smallest absolute Gasteiger partial charge is 0.251 e. The third kappa shape index (κ3) is 4.29. The molecule has 1 aromatic heterocycles. The standard InChI is InChI=1S/C15H15ClN2O3S/c1-22(20,21)14-10-11(5-6-13(14)16)15(19)18-9-7-12-4-2-3-8-17-12/h2-6,8,10H,7,9H2,1H3,(H,18,19). The average molecular weight is 339 g/mol. The van der Waals surface area contributed by atoms with Crippen LogP contribution in [0.3, 0.4) is 0 Å². The van der Waals surface area contributed by atoms with Gasteiger partial charge in [-0.2, -0.15) is 0 Å². The van der Waals surface area contributed by atoms with Crippen molar-refractivity contribution in [2.45, 2.75) is 11.3 Å². The van der Waals surface area contributed by atoms with Gasteiger partial charge in [0.2, 0.25) is 0 Å². The first-order valence-corrected chi connectivity index (χ1v) is 8.82. The van der Waals surface area contributed by atoms with Crippen molar-refractivity contribution < 1.29 is 13.2 Å². The molecule has 0 aliphatic heterocycles. The van der Waals surface area contributed by atoms with Crippen molar-refractivity contribution >= 4 is 27.3 Å². The minimum absolute atomic E-state index is 0.0495. The maximum Gasteiger partial charge on any atom is 0.251 e. The molecule has 1 heterocycles. The van der Waals surface area contributed by atoms with E-state index in [1.807, 2.05) is 18.2 Å². The van der Waals surface area contributed by atoms with Crippen LogP contribution in [-0.4, -0.2) is 32.1 Å². The highest BCUT2D eigenvalue weighted by atomic mass is 35.5. The van der Waals surface area contributed by atoms with E-state index in [0.29, 0.717) is 13.0 Å². The van der Waals surface area contributed by atoms with Gasteiger partial charge in [0.15, 0.2) is 9.84 Å². The summed E-state index contributed by atoms with van der Waals surface area (Å²) in [5.41, 5.74) is 1.13. The number of hydrogen-bond donors (Lipinski definition) is 1. The molecule has 116 valence electrons. The largest absolute Gasteiger partial charge is 0.352 e. The van der Waals surface area contributed by atoms with Gasteiger partial charge in [-0.3, -0.25) is 9.78 Å². The maximum atomic E-state index is 12.1. The van der Waals surface area contributed by atoms with Gasteiger partial charge in [0.05, 0.1) is 9.92 Å². The Bertz CT molecular complexity index is 777. The first-order chi connectivity index (χ1) is 10.4. The Balaban J connectivity index is 2.04. The highest BCUT2D eigenvalue weighted by Gasteiger charge is 2.15. The molecule has 0 aliphatic carbocycles. The van der Waals surface area contributed by atoms with Crippen molar-refractivity contribution in [1.82, 2.24) is 10.3 Å². The fourth-order valence-electron chi connectivity index (χ4n) is 1.88. The van der Waals surface area contributed by atoms with Crippen molar-refractivity contribution in [3.05, 3.63) is 58.9 Å². The fourth-order valence-corrected chi connectivity index (χ4v) is 3.18. The number of hydrogen-bond acceptors (Lipinski definition) is 4. The van der Waals surface area contributed by atoms with E-state index in [0.717, 1.165) is 11.9 Å². The molecule has 7 heteroatoms. The van der Waals surface area contributed by atoms with E-state index in [-0.39, 0.29) is 21.4 Å². The van der Waals surface area contributed by atoms with Crippen LogP contribution in [0.1, 0.15) is 16.1 Å². The Morgan fingerprint density at radius 1 is 1.27 bits per heavy atom. The number of rotatable bonds is 5. The molecule has 0 saturated carbocycles. The molecule has 0 bridgehead atoms. The molecular weight excluding hydrogens is 324 g/mol. The second-order valence-electron chi connectivity index (χ2n) is 4.74. The summed E-state index contributed by atoms with van der Waals surface area (Å²) in [6.45, 7) is 0.409. The number of benzene rings is 1. The predicted octanol–water partition coefficient (Wildman–Crippen LogP) is 2.11. The Labute approximate surface area is 134 Å². The van der Waals surface area contributed by atoms with Crippen LogP contribution in [0.25, 0.3) is 0 Å². The number of sulfone groups is 1. The third-order valence-electron chi connectivity index (χ3n) is 2.99. The predicted molar refractivity (Wildman–Crippen MR) is 84.8 cm³/mol. The summed E-state index contributed by atoms with van der Waals surface area (Å²) >= 11 is 5.85. The average Bonchev–Trinajstić information content (AvgIpc) is 2.47. The molecule has 1 amide bonds. The molecule has 0 radical (unpaired) electrons. The van der Waals surface area contributed by atoms with Gasteiger partial charge in [-0.25, -0.2) is 8.42 Å². The summed E-state index contributed by atoms with van der Waals surface area (Å²) in [4.78, 5) is 16.2. The lowest BCUT2D eigenvalue weighted by Gasteiger charge is -2.07. The minimum atomic E-state index is -3.47. The van der Waals surface area contributed by atoms with Crippen LogP contribution in [0.5, 0.6) is 0 Å². The number of halogens is 1. The summed E-state index contributed by atoms with van der Waals surface area (Å²) in [6.07, 6.45) is 3.34. The van der Waals surface area contributed by atoms with E-state index in [2.05, 4.69) is 10.3 Å². The second kappa shape index (κ2) is 6.89. The molecule has 22 heavy (non-hydrogen) atoms. The van der Waals surface area contributed by atoms with Gasteiger partial charge >= 0.3 is 0 Å². The Morgan fingerprint density at radius 3 is 2.68 bits per heavy atom. The minimum Gasteiger partial charge on any atom is -0.352 e. The van der Waals surface area contributed by atoms with Crippen molar-refractivity contribution in [2.24, 2.45) is 0 Å². The van der Waals surface area contributed by atoms with Crippen molar-refractivity contribution in [2.75, 3.05) is 12.8 Å². The van der Waals surface area contributed by atoms with Gasteiger partial charge in [-0.1, -0.05) is 17.7 Å². The summed E-state index contributed by atoms with van der Waals surface area (Å²) in [6, 6.07) is 9.76. The zero-order valence-electron chi connectivity index (χ0n) is 11.9. The highest BCUT2D eigenvalue weighted by Crippen LogP contribution is 2.22. The van der Waals surface area contributed by atoms with Crippen molar-refractivity contribution in [3.63, 3.8) is 0 Å². The first kappa shape index (κ1) is 16.5. The maximum absolute atomic E-state index is 12.1. The molecule has 1 N–H and O–H groups in total. The zero-order valence-corrected chi connectivity index (χ0v) is 13.5. The lowest BCUT2D eigenvalue weighted by Crippen LogP contribution is -2.26. The van der Waals surface area contributed by atoms with E-state index < -0.39 is 9.84 Å². The summed E-state index contributed by atoms with van der Waals surface area (Å²) in [5, 5.41) is 2.83. The highest BCUT2D eigenvalue weighted by molar-refractivity contribution is 7.90. The molecule has 0 aliphatic rings. The Kier molecular flexibility index (Phi) is 5.15. The van der Waals surface area contributed by atoms with Crippen LogP contribution in [0.2, 0.25) is 5.02 Å². The molecule has 0 atom stereocenters. The molecule has 0 saturated heterocycles. The van der Waals surface area contributed by atoms with Crippen LogP contribution >= 0.6 is 11.6 Å². The van der Waals surface area contributed by atoms with Gasteiger partial charge in [0.1, 0.15) is 0 Å². The van der Waals surface area contributed by atoms with E-state index in [1.165, 1.54) is 18.2 Å². The molecule has 2 rings (SSSR count). The fraction of sp³-hybridized carbons (Fsp3) is 0.200. The molecule has 0 unspecified atom stereocenters. The van der Waals surface area contributed by atoms with Crippen LogP contribution in [0.15, 0.2) is 47.5 Å². The molecule has 5 nitrogen and oxygen atoms in total. The number of aromatic nitrogens is 1. The number of nitrogens with zero attached hydrogens (tertiary/aromatic N) is 1. The second-order valence-corrected chi connectivity index (χ2v) is 7.14. The van der Waals surface area contributed by atoms with E-state index in [9.17, 15) is 13.2 Å².